The average Bonchev–Trinajstić information content (AvgIpc) is 2.59. The van der Waals surface area contributed by atoms with Gasteiger partial charge in [-0.25, -0.2) is 0 Å². The molecule has 2 unspecified atom stereocenters. The first-order valence-corrected chi connectivity index (χ1v) is 7.79. The van der Waals surface area contributed by atoms with E-state index in [2.05, 4.69) is 5.32 Å². The highest BCUT2D eigenvalue weighted by molar-refractivity contribution is 6.30. The lowest BCUT2D eigenvalue weighted by atomic mass is 9.97. The minimum atomic E-state index is -1.62. The Morgan fingerprint density at radius 3 is 2.52 bits per heavy atom. The number of carbonyl (C=O) groups is 2. The lowest BCUT2D eigenvalue weighted by Gasteiger charge is -2.17. The monoisotopic (exact) mass is 361 g/mol. The molecule has 2 rings (SSSR count). The van der Waals surface area contributed by atoms with Crippen molar-refractivity contribution in [3.8, 4) is 0 Å². The number of carbonyl (C=O) groups excluding carboxylic acids is 2. The van der Waals surface area contributed by atoms with E-state index in [1.54, 1.807) is 24.3 Å². The standard InChI is InChI=1S/C17H16ClN3O4/c18-12-6-7-15(13(8-12)16(10-22)21(24)25)20-17(23)14(9-19)11-4-2-1-3-5-11/h1-8,10,14,16H,9,19H2,(H,20,23). The van der Waals surface area contributed by atoms with Crippen molar-refractivity contribution in [1.82, 2.24) is 0 Å². The van der Waals surface area contributed by atoms with E-state index in [1.165, 1.54) is 18.2 Å². The van der Waals surface area contributed by atoms with Crippen LogP contribution < -0.4 is 11.1 Å². The minimum absolute atomic E-state index is 0.0182. The Morgan fingerprint density at radius 2 is 1.96 bits per heavy atom. The second kappa shape index (κ2) is 8.36. The third kappa shape index (κ3) is 4.40. The first kappa shape index (κ1) is 18.6. The molecule has 0 bridgehead atoms. The van der Waals surface area contributed by atoms with Gasteiger partial charge in [0.05, 0.1) is 17.2 Å². The number of aldehydes is 1. The molecule has 7 nitrogen and oxygen atoms in total. The van der Waals surface area contributed by atoms with Crippen LogP contribution in [0.25, 0.3) is 0 Å². The topological polar surface area (TPSA) is 115 Å². The zero-order valence-electron chi connectivity index (χ0n) is 13.1. The molecule has 8 heteroatoms. The van der Waals surface area contributed by atoms with Crippen LogP contribution in [-0.4, -0.2) is 23.7 Å². The number of halogens is 1. The van der Waals surface area contributed by atoms with Gasteiger partial charge >= 0.3 is 0 Å². The van der Waals surface area contributed by atoms with Crippen molar-refractivity contribution in [3.63, 3.8) is 0 Å². The molecular formula is C17H16ClN3O4. The van der Waals surface area contributed by atoms with Gasteiger partial charge in [-0.2, -0.15) is 0 Å². The van der Waals surface area contributed by atoms with Crippen LogP contribution in [0, 0.1) is 10.1 Å². The first-order valence-electron chi connectivity index (χ1n) is 7.42. The molecule has 3 N–H and O–H groups in total. The van der Waals surface area contributed by atoms with E-state index >= 15 is 0 Å². The van der Waals surface area contributed by atoms with Gasteiger partial charge in [0.2, 0.25) is 5.91 Å². The van der Waals surface area contributed by atoms with Gasteiger partial charge in [-0.05, 0) is 23.8 Å². The normalized spacial score (nSPS) is 12.9. The van der Waals surface area contributed by atoms with Crippen LogP contribution in [0.1, 0.15) is 23.1 Å². The van der Waals surface area contributed by atoms with Crippen molar-refractivity contribution in [2.75, 3.05) is 11.9 Å². The minimum Gasteiger partial charge on any atom is -0.329 e. The van der Waals surface area contributed by atoms with Crippen LogP contribution in [0.15, 0.2) is 48.5 Å². The zero-order valence-corrected chi connectivity index (χ0v) is 13.8. The van der Waals surface area contributed by atoms with Gasteiger partial charge in [-0.15, -0.1) is 0 Å². The maximum atomic E-state index is 12.6. The highest BCUT2D eigenvalue weighted by Gasteiger charge is 2.27. The maximum absolute atomic E-state index is 12.6. The molecule has 0 aliphatic carbocycles. The molecule has 2 aromatic rings. The van der Waals surface area contributed by atoms with Crippen molar-refractivity contribution >= 4 is 29.5 Å². The van der Waals surface area contributed by atoms with E-state index < -0.39 is 22.8 Å². The molecule has 25 heavy (non-hydrogen) atoms. The van der Waals surface area contributed by atoms with Crippen molar-refractivity contribution in [2.24, 2.45) is 5.73 Å². The summed E-state index contributed by atoms with van der Waals surface area (Å²) < 4.78 is 0. The molecular weight excluding hydrogens is 346 g/mol. The molecule has 0 radical (unpaired) electrons. The van der Waals surface area contributed by atoms with E-state index in [4.69, 9.17) is 17.3 Å². The van der Waals surface area contributed by atoms with E-state index in [1.807, 2.05) is 6.07 Å². The summed E-state index contributed by atoms with van der Waals surface area (Å²) in [6.07, 6.45) is 0.193. The summed E-state index contributed by atoms with van der Waals surface area (Å²) in [5.74, 6) is -1.06. The molecule has 0 spiro atoms. The van der Waals surface area contributed by atoms with Crippen LogP contribution in [0.3, 0.4) is 0 Å². The molecule has 0 aromatic heterocycles. The molecule has 2 atom stereocenters. The fourth-order valence-electron chi connectivity index (χ4n) is 2.43. The van der Waals surface area contributed by atoms with Crippen LogP contribution in [0.2, 0.25) is 5.02 Å². The predicted octanol–water partition coefficient (Wildman–Crippen LogP) is 2.54. The first-order chi connectivity index (χ1) is 12.0. The van der Waals surface area contributed by atoms with E-state index in [0.29, 0.717) is 0 Å². The van der Waals surface area contributed by atoms with Gasteiger partial charge in [0.1, 0.15) is 0 Å². The van der Waals surface area contributed by atoms with Gasteiger partial charge in [-0.3, -0.25) is 19.7 Å². The van der Waals surface area contributed by atoms with E-state index in [-0.39, 0.29) is 29.1 Å². The maximum Gasteiger partial charge on any atom is 0.294 e. The number of hydrogen-bond donors (Lipinski definition) is 2. The average molecular weight is 362 g/mol. The smallest absolute Gasteiger partial charge is 0.294 e. The number of amides is 1. The van der Waals surface area contributed by atoms with E-state index in [9.17, 15) is 19.7 Å². The fraction of sp³-hybridized carbons (Fsp3) is 0.176. The number of nitrogens with two attached hydrogens (primary N) is 1. The van der Waals surface area contributed by atoms with Crippen LogP contribution in [0.4, 0.5) is 5.69 Å². The Labute approximate surface area is 148 Å². The second-order valence-corrected chi connectivity index (χ2v) is 5.72. The molecule has 0 aliphatic rings. The number of benzene rings is 2. The molecule has 0 saturated heterocycles. The Morgan fingerprint density at radius 1 is 1.28 bits per heavy atom. The van der Waals surface area contributed by atoms with Crippen LogP contribution in [0.5, 0.6) is 0 Å². The quantitative estimate of drug-likeness (QED) is 0.446. The van der Waals surface area contributed by atoms with E-state index in [0.717, 1.165) is 5.56 Å². The summed E-state index contributed by atoms with van der Waals surface area (Å²) in [7, 11) is 0. The number of nitrogens with zero attached hydrogens (tertiary/aromatic N) is 1. The van der Waals surface area contributed by atoms with Gasteiger partial charge in [-0.1, -0.05) is 41.9 Å². The third-order valence-electron chi connectivity index (χ3n) is 3.70. The lowest BCUT2D eigenvalue weighted by Crippen LogP contribution is -2.28. The molecule has 0 fully saturated rings. The SMILES string of the molecule is NCC(C(=O)Nc1ccc(Cl)cc1C(C=O)[N+](=O)[O-])c1ccccc1. The van der Waals surface area contributed by atoms with Gasteiger partial charge in [0, 0.05) is 16.5 Å². The third-order valence-corrected chi connectivity index (χ3v) is 3.94. The van der Waals surface area contributed by atoms with Gasteiger partial charge in [0.15, 0.2) is 6.29 Å². The van der Waals surface area contributed by atoms with Gasteiger partial charge < -0.3 is 11.1 Å². The summed E-state index contributed by atoms with van der Waals surface area (Å²) >= 11 is 5.87. The van der Waals surface area contributed by atoms with Crippen molar-refractivity contribution in [2.45, 2.75) is 12.0 Å². The molecule has 0 aliphatic heterocycles. The summed E-state index contributed by atoms with van der Waals surface area (Å²) in [4.78, 5) is 34.0. The largest absolute Gasteiger partial charge is 0.329 e. The van der Waals surface area contributed by atoms with Crippen LogP contribution >= 0.6 is 11.6 Å². The zero-order chi connectivity index (χ0) is 18.4. The van der Waals surface area contributed by atoms with Crippen molar-refractivity contribution in [3.05, 3.63) is 74.8 Å². The highest BCUT2D eigenvalue weighted by Crippen LogP contribution is 2.28. The second-order valence-electron chi connectivity index (χ2n) is 5.29. The Bertz CT molecular complexity index is 783. The summed E-state index contributed by atoms with van der Waals surface area (Å²) in [5.41, 5.74) is 6.60. The van der Waals surface area contributed by atoms with Crippen LogP contribution in [-0.2, 0) is 9.59 Å². The highest BCUT2D eigenvalue weighted by atomic mass is 35.5. The number of rotatable bonds is 7. The number of hydrogen-bond acceptors (Lipinski definition) is 5. The summed E-state index contributed by atoms with van der Waals surface area (Å²) in [6.45, 7) is 0.0606. The summed E-state index contributed by atoms with van der Waals surface area (Å²) in [6, 6.07) is 11.5. The number of nitrogens with one attached hydrogen (secondary N) is 1. The number of anilines is 1. The van der Waals surface area contributed by atoms with Crippen molar-refractivity contribution < 1.29 is 14.5 Å². The van der Waals surface area contributed by atoms with Crippen molar-refractivity contribution in [1.29, 1.82) is 0 Å². The Balaban J connectivity index is 2.34. The molecule has 1 amide bonds. The Kier molecular flexibility index (Phi) is 6.21. The van der Waals surface area contributed by atoms with Gasteiger partial charge in [0.25, 0.3) is 6.04 Å². The predicted molar refractivity (Wildman–Crippen MR) is 94.1 cm³/mol. The lowest BCUT2D eigenvalue weighted by molar-refractivity contribution is -0.510. The molecule has 130 valence electrons. The fourth-order valence-corrected chi connectivity index (χ4v) is 2.61. The Hall–Kier alpha value is -2.77. The molecule has 0 saturated carbocycles. The number of nitro groups is 1. The molecule has 0 heterocycles. The summed E-state index contributed by atoms with van der Waals surface area (Å²) in [5, 5.41) is 13.9. The molecule has 2 aromatic carbocycles.